The van der Waals surface area contributed by atoms with Crippen molar-refractivity contribution in [2.45, 2.75) is 18.0 Å². The molecule has 1 aliphatic rings. The molecule has 0 saturated carbocycles. The number of ether oxygens (including phenoxy) is 1. The Kier molecular flexibility index (Phi) is 5.91. The van der Waals surface area contributed by atoms with Crippen LogP contribution in [0.25, 0.3) is 10.9 Å². The molecule has 36 heavy (non-hydrogen) atoms. The van der Waals surface area contributed by atoms with Gasteiger partial charge in [-0.25, -0.2) is 26.0 Å². The fourth-order valence-corrected chi connectivity index (χ4v) is 6.00. The molecule has 0 atom stereocenters. The van der Waals surface area contributed by atoms with Gasteiger partial charge in [0.05, 0.1) is 28.2 Å². The first-order valence-corrected chi connectivity index (χ1v) is 12.6. The first-order valence-electron chi connectivity index (χ1n) is 11.1. The summed E-state index contributed by atoms with van der Waals surface area (Å²) in [6.07, 6.45) is 0.00732. The van der Waals surface area contributed by atoms with Crippen molar-refractivity contribution in [3.63, 3.8) is 0 Å². The first-order chi connectivity index (χ1) is 17.2. The summed E-state index contributed by atoms with van der Waals surface area (Å²) in [5.74, 6) is -1.72. The number of anilines is 1. The minimum absolute atomic E-state index is 0.00732. The molecule has 0 spiro atoms. The van der Waals surface area contributed by atoms with E-state index in [-0.39, 0.29) is 11.3 Å². The highest BCUT2D eigenvalue weighted by Crippen LogP contribution is 2.35. The number of halogens is 2. The summed E-state index contributed by atoms with van der Waals surface area (Å²) < 4.78 is 62.0. The number of fused-ring (bicyclic) bond motifs is 2. The number of alkyl halides is 1. The Morgan fingerprint density at radius 1 is 1.06 bits per heavy atom. The molecular formula is C26H22F2N2O5S. The van der Waals surface area contributed by atoms with E-state index < -0.39 is 34.0 Å². The predicted octanol–water partition coefficient (Wildman–Crippen LogP) is 4.60. The lowest BCUT2D eigenvalue weighted by atomic mass is 10.1. The number of rotatable bonds is 6. The number of likely N-dealkylation sites (N-methyl/N-ethyl adjacent to an activating group) is 1. The summed E-state index contributed by atoms with van der Waals surface area (Å²) in [5, 5.41) is 9.80. The molecule has 0 aliphatic carbocycles. The van der Waals surface area contributed by atoms with Crippen molar-refractivity contribution in [2.75, 3.05) is 25.1 Å². The molecular weight excluding hydrogens is 490 g/mol. The Balaban J connectivity index is 1.68. The van der Waals surface area contributed by atoms with E-state index in [1.165, 1.54) is 28.2 Å². The van der Waals surface area contributed by atoms with E-state index in [0.29, 0.717) is 52.3 Å². The topological polar surface area (TPSA) is 88.8 Å². The fourth-order valence-electron chi connectivity index (χ4n) is 4.44. The van der Waals surface area contributed by atoms with Crippen molar-refractivity contribution < 1.29 is 31.8 Å². The number of hydrogen-bond donors (Lipinski definition) is 1. The van der Waals surface area contributed by atoms with Gasteiger partial charge >= 0.3 is 5.97 Å². The van der Waals surface area contributed by atoms with Crippen molar-refractivity contribution in [2.24, 2.45) is 0 Å². The van der Waals surface area contributed by atoms with E-state index in [1.807, 2.05) is 11.9 Å². The van der Waals surface area contributed by atoms with Crippen LogP contribution in [0.15, 0.2) is 65.6 Å². The van der Waals surface area contributed by atoms with Crippen LogP contribution >= 0.6 is 0 Å². The number of nitrogens with zero attached hydrogens (tertiary/aromatic N) is 2. The molecule has 5 rings (SSSR count). The van der Waals surface area contributed by atoms with E-state index in [4.69, 9.17) is 4.74 Å². The van der Waals surface area contributed by atoms with Gasteiger partial charge in [-0.05, 0) is 59.7 Å². The molecule has 186 valence electrons. The van der Waals surface area contributed by atoms with Gasteiger partial charge < -0.3 is 14.7 Å². The van der Waals surface area contributed by atoms with Gasteiger partial charge in [0.15, 0.2) is 0 Å². The Hall–Kier alpha value is -3.92. The minimum Gasteiger partial charge on any atom is -0.490 e. The number of carboxylic acids is 1. The standard InChI is InChI=1S/C26H22F2N2O5S/c1-29-8-9-35-25-7-4-20(14-24(25)29)36(33,34)30-19(13-18-10-17(15-27)3-6-23(18)30)11-16-2-5-22(28)21(12-16)26(31)32/h2-7,10,12-14H,8-9,11,15H2,1H3,(H,31,32). The quantitative estimate of drug-likeness (QED) is 0.406. The van der Waals surface area contributed by atoms with Gasteiger partial charge in [0.1, 0.15) is 24.8 Å². The second-order valence-corrected chi connectivity index (χ2v) is 10.4. The van der Waals surface area contributed by atoms with E-state index in [2.05, 4.69) is 0 Å². The van der Waals surface area contributed by atoms with Crippen LogP contribution in [0.3, 0.4) is 0 Å². The lowest BCUT2D eigenvalue weighted by Gasteiger charge is -2.28. The molecule has 0 amide bonds. The summed E-state index contributed by atoms with van der Waals surface area (Å²) in [6, 6.07) is 14.5. The van der Waals surface area contributed by atoms with E-state index in [9.17, 15) is 27.1 Å². The lowest BCUT2D eigenvalue weighted by molar-refractivity contribution is 0.0691. The molecule has 1 N–H and O–H groups in total. The molecule has 1 aliphatic heterocycles. The van der Waals surface area contributed by atoms with Crippen LogP contribution in [-0.2, 0) is 23.1 Å². The smallest absolute Gasteiger partial charge is 0.338 e. The van der Waals surface area contributed by atoms with E-state index in [1.54, 1.807) is 30.3 Å². The van der Waals surface area contributed by atoms with Gasteiger partial charge in [-0.1, -0.05) is 12.1 Å². The zero-order valence-corrected chi connectivity index (χ0v) is 20.1. The second kappa shape index (κ2) is 8.94. The first kappa shape index (κ1) is 23.8. The molecule has 7 nitrogen and oxygen atoms in total. The summed E-state index contributed by atoms with van der Waals surface area (Å²) in [5.41, 5.74) is 1.62. The third-order valence-corrected chi connectivity index (χ3v) is 8.02. The number of aromatic carboxylic acids is 1. The van der Waals surface area contributed by atoms with Gasteiger partial charge in [-0.15, -0.1) is 0 Å². The predicted molar refractivity (Wildman–Crippen MR) is 131 cm³/mol. The molecule has 0 saturated heterocycles. The third-order valence-electron chi connectivity index (χ3n) is 6.26. The van der Waals surface area contributed by atoms with Crippen molar-refractivity contribution in [1.29, 1.82) is 0 Å². The summed E-state index contributed by atoms with van der Waals surface area (Å²) in [4.78, 5) is 13.4. The van der Waals surface area contributed by atoms with Crippen molar-refractivity contribution >= 4 is 32.6 Å². The molecule has 0 bridgehead atoms. The van der Waals surface area contributed by atoms with Gasteiger partial charge in [0.2, 0.25) is 0 Å². The minimum atomic E-state index is -4.13. The zero-order chi connectivity index (χ0) is 25.6. The highest BCUT2D eigenvalue weighted by Gasteiger charge is 2.26. The van der Waals surface area contributed by atoms with Crippen molar-refractivity contribution in [1.82, 2.24) is 3.97 Å². The number of aromatic nitrogens is 1. The number of benzene rings is 3. The second-order valence-electron chi connectivity index (χ2n) is 8.63. The Morgan fingerprint density at radius 2 is 1.83 bits per heavy atom. The van der Waals surface area contributed by atoms with Crippen LogP contribution in [-0.4, -0.2) is 43.7 Å². The molecule has 10 heteroatoms. The highest BCUT2D eigenvalue weighted by atomic mass is 32.2. The fraction of sp³-hybridized carbons (Fsp3) is 0.192. The lowest BCUT2D eigenvalue weighted by Crippen LogP contribution is -2.29. The van der Waals surface area contributed by atoms with Crippen LogP contribution in [0, 0.1) is 5.82 Å². The molecule has 2 heterocycles. The van der Waals surface area contributed by atoms with Crippen molar-refractivity contribution in [3.8, 4) is 5.75 Å². The Bertz CT molecular complexity index is 1610. The summed E-state index contributed by atoms with van der Waals surface area (Å²) in [6.45, 7) is 0.395. The van der Waals surface area contributed by atoms with Crippen LogP contribution in [0.4, 0.5) is 14.5 Å². The third kappa shape index (κ3) is 4.07. The van der Waals surface area contributed by atoms with Crippen LogP contribution in [0.2, 0.25) is 0 Å². The summed E-state index contributed by atoms with van der Waals surface area (Å²) >= 11 is 0. The normalized spacial score (nSPS) is 13.5. The maximum atomic E-state index is 14.0. The van der Waals surface area contributed by atoms with E-state index >= 15 is 0 Å². The Morgan fingerprint density at radius 3 is 2.58 bits per heavy atom. The SMILES string of the molecule is CN1CCOc2ccc(S(=O)(=O)n3c(Cc4ccc(F)c(C(=O)O)c4)cc4cc(CF)ccc43)cc21. The molecule has 0 radical (unpaired) electrons. The molecule has 4 aromatic rings. The molecule has 0 fully saturated rings. The molecule has 1 aromatic heterocycles. The van der Waals surface area contributed by atoms with Crippen molar-refractivity contribution in [3.05, 3.63) is 88.9 Å². The van der Waals surface area contributed by atoms with Gasteiger partial charge in [-0.2, -0.15) is 0 Å². The largest absolute Gasteiger partial charge is 0.490 e. The zero-order valence-electron chi connectivity index (χ0n) is 19.2. The number of hydrogen-bond acceptors (Lipinski definition) is 5. The molecule has 0 unspecified atom stereocenters. The number of carboxylic acid groups (broad SMARTS) is 1. The van der Waals surface area contributed by atoms with Gasteiger partial charge in [0, 0.05) is 24.5 Å². The maximum Gasteiger partial charge on any atom is 0.338 e. The maximum absolute atomic E-state index is 14.0. The highest BCUT2D eigenvalue weighted by molar-refractivity contribution is 7.90. The molecule has 3 aromatic carbocycles. The van der Waals surface area contributed by atoms with Gasteiger partial charge in [0.25, 0.3) is 10.0 Å². The van der Waals surface area contributed by atoms with Gasteiger partial charge in [-0.3, -0.25) is 0 Å². The van der Waals surface area contributed by atoms with E-state index in [0.717, 1.165) is 6.07 Å². The Labute approximate surface area is 206 Å². The monoisotopic (exact) mass is 512 g/mol. The van der Waals surface area contributed by atoms with Crippen LogP contribution in [0.1, 0.15) is 27.2 Å². The average molecular weight is 513 g/mol. The average Bonchev–Trinajstić information content (AvgIpc) is 3.22. The number of carbonyl (C=O) groups is 1. The van der Waals surface area contributed by atoms with Crippen LogP contribution in [0.5, 0.6) is 5.75 Å². The van der Waals surface area contributed by atoms with Crippen LogP contribution < -0.4 is 9.64 Å². The summed E-state index contributed by atoms with van der Waals surface area (Å²) in [7, 11) is -2.29.